The highest BCUT2D eigenvalue weighted by molar-refractivity contribution is 5.95. The second-order valence-corrected chi connectivity index (χ2v) is 9.67. The minimum Gasteiger partial charge on any atom is -0.493 e. The third-order valence-corrected chi connectivity index (χ3v) is 6.60. The van der Waals surface area contributed by atoms with Crippen LogP contribution in [0.4, 0.5) is 18.9 Å². The molecule has 1 amide bonds. The zero-order valence-corrected chi connectivity index (χ0v) is 21.9. The van der Waals surface area contributed by atoms with E-state index < -0.39 is 11.7 Å². The first kappa shape index (κ1) is 27.4. The van der Waals surface area contributed by atoms with Gasteiger partial charge in [-0.2, -0.15) is 13.2 Å². The fourth-order valence-electron chi connectivity index (χ4n) is 4.33. The highest BCUT2D eigenvalue weighted by Gasteiger charge is 2.30. The average Bonchev–Trinajstić information content (AvgIpc) is 3.77. The molecule has 0 saturated heterocycles. The van der Waals surface area contributed by atoms with E-state index in [1.54, 1.807) is 19.2 Å². The van der Waals surface area contributed by atoms with E-state index in [0.717, 1.165) is 36.0 Å². The largest absolute Gasteiger partial charge is 0.493 e. The maximum atomic E-state index is 12.8. The van der Waals surface area contributed by atoms with E-state index in [1.807, 2.05) is 24.3 Å². The summed E-state index contributed by atoms with van der Waals surface area (Å²) in [6.45, 7) is 1.48. The molecule has 5 rings (SSSR count). The van der Waals surface area contributed by atoms with Gasteiger partial charge in [0, 0.05) is 28.7 Å². The van der Waals surface area contributed by atoms with Gasteiger partial charge < -0.3 is 20.1 Å². The molecule has 2 N–H and O–H groups in total. The second kappa shape index (κ2) is 11.9. The zero-order chi connectivity index (χ0) is 28.1. The smallest absolute Gasteiger partial charge is 0.416 e. The Morgan fingerprint density at radius 1 is 1.00 bits per heavy atom. The van der Waals surface area contributed by atoms with Gasteiger partial charge in [0.15, 0.2) is 11.5 Å². The molecule has 0 atom stereocenters. The van der Waals surface area contributed by atoms with Crippen molar-refractivity contribution in [3.05, 3.63) is 78.1 Å². The van der Waals surface area contributed by atoms with Crippen LogP contribution in [0.2, 0.25) is 0 Å². The highest BCUT2D eigenvalue weighted by atomic mass is 19.4. The van der Waals surface area contributed by atoms with Crippen molar-refractivity contribution in [1.29, 1.82) is 0 Å². The number of carbonyl (C=O) groups excluding carboxylic acids is 1. The van der Waals surface area contributed by atoms with Gasteiger partial charge in [0.25, 0.3) is 0 Å². The summed E-state index contributed by atoms with van der Waals surface area (Å²) < 4.78 is 49.8. The van der Waals surface area contributed by atoms with Gasteiger partial charge in [-0.25, -0.2) is 9.97 Å². The van der Waals surface area contributed by atoms with Gasteiger partial charge in [0.2, 0.25) is 5.91 Å². The molecule has 1 aliphatic rings. The fourth-order valence-corrected chi connectivity index (χ4v) is 4.33. The van der Waals surface area contributed by atoms with Crippen LogP contribution >= 0.6 is 0 Å². The molecule has 7 nitrogen and oxygen atoms in total. The van der Waals surface area contributed by atoms with Crippen molar-refractivity contribution < 1.29 is 27.4 Å². The van der Waals surface area contributed by atoms with E-state index in [1.165, 1.54) is 31.3 Å². The number of alkyl halides is 3. The standard InChI is InChI=1S/C30H29F3N4O3/c1-39-26-16-24-25(17-27(26)40-14-2-13-34-22-11-12-22)35-18-36-29(24)20-5-9-23(10-6-20)37-28(38)15-19-3-7-21(8-4-19)30(31,32)33/h3-10,16-18,22,34H,2,11-15H2,1H3,(H,37,38). The third-order valence-electron chi connectivity index (χ3n) is 6.60. The molecule has 0 unspecified atom stereocenters. The lowest BCUT2D eigenvalue weighted by Gasteiger charge is -2.13. The Hall–Kier alpha value is -4.18. The van der Waals surface area contributed by atoms with E-state index in [2.05, 4.69) is 20.6 Å². The van der Waals surface area contributed by atoms with Crippen LogP contribution in [0.5, 0.6) is 11.5 Å². The summed E-state index contributed by atoms with van der Waals surface area (Å²) in [7, 11) is 1.59. The number of hydrogen-bond acceptors (Lipinski definition) is 6. The molecule has 0 bridgehead atoms. The number of aromatic nitrogens is 2. The lowest BCUT2D eigenvalue weighted by atomic mass is 10.1. The van der Waals surface area contributed by atoms with Crippen LogP contribution in [0.15, 0.2) is 67.0 Å². The van der Waals surface area contributed by atoms with Crippen molar-refractivity contribution in [3.63, 3.8) is 0 Å². The maximum Gasteiger partial charge on any atom is 0.416 e. The molecule has 0 radical (unpaired) electrons. The van der Waals surface area contributed by atoms with E-state index in [9.17, 15) is 18.0 Å². The number of rotatable bonds is 11. The number of amides is 1. The first-order chi connectivity index (χ1) is 19.3. The van der Waals surface area contributed by atoms with Crippen molar-refractivity contribution in [2.75, 3.05) is 25.6 Å². The minimum absolute atomic E-state index is 0.0440. The molecule has 1 aliphatic carbocycles. The molecule has 40 heavy (non-hydrogen) atoms. The van der Waals surface area contributed by atoms with Gasteiger partial charge in [-0.3, -0.25) is 4.79 Å². The summed E-state index contributed by atoms with van der Waals surface area (Å²) in [5.41, 5.74) is 2.53. The molecular weight excluding hydrogens is 521 g/mol. The van der Waals surface area contributed by atoms with Gasteiger partial charge in [-0.1, -0.05) is 24.3 Å². The van der Waals surface area contributed by atoms with E-state index in [4.69, 9.17) is 9.47 Å². The summed E-state index contributed by atoms with van der Waals surface area (Å²) in [5, 5.41) is 7.04. The van der Waals surface area contributed by atoms with Crippen LogP contribution in [-0.2, 0) is 17.4 Å². The summed E-state index contributed by atoms with van der Waals surface area (Å²) in [6, 6.07) is 16.1. The molecular formula is C30H29F3N4O3. The molecule has 208 valence electrons. The summed E-state index contributed by atoms with van der Waals surface area (Å²) in [4.78, 5) is 21.4. The SMILES string of the molecule is COc1cc2c(-c3ccc(NC(=O)Cc4ccc(C(F)(F)F)cc4)cc3)ncnc2cc1OCCCNC1CC1. The van der Waals surface area contributed by atoms with Gasteiger partial charge >= 0.3 is 6.18 Å². The van der Waals surface area contributed by atoms with Crippen LogP contribution in [0.3, 0.4) is 0 Å². The van der Waals surface area contributed by atoms with Crippen LogP contribution in [0.1, 0.15) is 30.4 Å². The Morgan fingerprint density at radius 2 is 1.75 bits per heavy atom. The van der Waals surface area contributed by atoms with Crippen molar-refractivity contribution >= 4 is 22.5 Å². The lowest BCUT2D eigenvalue weighted by molar-refractivity contribution is -0.137. The molecule has 0 spiro atoms. The minimum atomic E-state index is -4.41. The predicted octanol–water partition coefficient (Wildman–Crippen LogP) is 6.03. The Labute approximate surface area is 229 Å². The van der Waals surface area contributed by atoms with Crippen molar-refractivity contribution in [2.45, 2.75) is 37.9 Å². The quantitative estimate of drug-likeness (QED) is 0.222. The number of nitrogens with one attached hydrogen (secondary N) is 2. The lowest BCUT2D eigenvalue weighted by Crippen LogP contribution is -2.19. The number of carbonyl (C=O) groups is 1. The molecule has 3 aromatic carbocycles. The predicted molar refractivity (Wildman–Crippen MR) is 146 cm³/mol. The third kappa shape index (κ3) is 6.87. The fraction of sp³-hybridized carbons (Fsp3) is 0.300. The van der Waals surface area contributed by atoms with Crippen LogP contribution in [0, 0.1) is 0 Å². The monoisotopic (exact) mass is 550 g/mol. The molecule has 1 aromatic heterocycles. The topological polar surface area (TPSA) is 85.4 Å². The summed E-state index contributed by atoms with van der Waals surface area (Å²) in [6.07, 6.45) is 0.436. The summed E-state index contributed by atoms with van der Waals surface area (Å²) >= 11 is 0. The van der Waals surface area contributed by atoms with Gasteiger partial charge in [0.1, 0.15) is 6.33 Å². The van der Waals surface area contributed by atoms with Crippen LogP contribution in [0.25, 0.3) is 22.2 Å². The molecule has 4 aromatic rings. The zero-order valence-electron chi connectivity index (χ0n) is 21.9. The van der Waals surface area contributed by atoms with Crippen molar-refractivity contribution in [1.82, 2.24) is 15.3 Å². The first-order valence-electron chi connectivity index (χ1n) is 13.1. The molecule has 1 saturated carbocycles. The Morgan fingerprint density at radius 3 is 2.42 bits per heavy atom. The number of halogens is 3. The van der Waals surface area contributed by atoms with E-state index >= 15 is 0 Å². The first-order valence-corrected chi connectivity index (χ1v) is 13.1. The molecule has 1 fully saturated rings. The number of hydrogen-bond donors (Lipinski definition) is 2. The van der Waals surface area contributed by atoms with Gasteiger partial charge in [-0.15, -0.1) is 0 Å². The number of methoxy groups -OCH3 is 1. The van der Waals surface area contributed by atoms with Crippen molar-refractivity contribution in [3.8, 4) is 22.8 Å². The molecule has 1 heterocycles. The summed E-state index contributed by atoms with van der Waals surface area (Å²) in [5.74, 6) is 0.878. The highest BCUT2D eigenvalue weighted by Crippen LogP contribution is 2.36. The number of anilines is 1. The van der Waals surface area contributed by atoms with Crippen LogP contribution < -0.4 is 20.1 Å². The number of fused-ring (bicyclic) bond motifs is 1. The van der Waals surface area contributed by atoms with Gasteiger partial charge in [0.05, 0.1) is 36.9 Å². The molecule has 0 aliphatic heterocycles. The molecule has 10 heteroatoms. The number of nitrogens with zero attached hydrogens (tertiary/aromatic N) is 2. The van der Waals surface area contributed by atoms with E-state index in [-0.39, 0.29) is 12.3 Å². The van der Waals surface area contributed by atoms with Gasteiger partial charge in [-0.05, 0) is 61.7 Å². The maximum absolute atomic E-state index is 12.8. The Balaban J connectivity index is 1.25. The Kier molecular flexibility index (Phi) is 8.16. The van der Waals surface area contributed by atoms with E-state index in [0.29, 0.717) is 46.6 Å². The number of benzene rings is 3. The number of ether oxygens (including phenoxy) is 2. The van der Waals surface area contributed by atoms with Crippen molar-refractivity contribution in [2.24, 2.45) is 0 Å². The Bertz CT molecular complexity index is 1470. The van der Waals surface area contributed by atoms with Crippen LogP contribution in [-0.4, -0.2) is 42.2 Å². The second-order valence-electron chi connectivity index (χ2n) is 9.67. The average molecular weight is 551 g/mol. The normalized spacial score (nSPS) is 13.3.